The highest BCUT2D eigenvalue weighted by Crippen LogP contribution is 2.39. The molecule has 0 saturated carbocycles. The fraction of sp³-hybridized carbons (Fsp3) is 0.231. The number of benzene rings is 2. The van der Waals surface area contributed by atoms with E-state index in [1.807, 2.05) is 48.5 Å². The van der Waals surface area contributed by atoms with Crippen molar-refractivity contribution in [2.75, 3.05) is 11.4 Å². The number of rotatable bonds is 5. The Morgan fingerprint density at radius 2 is 1.84 bits per heavy atom. The SMILES string of the molecule is CC(C)(C)c1ccc2c(c1)N(CC(=O)NCc1ccco1)C(=O)C(=Cc1ccccc1)O2. The minimum absolute atomic E-state index is 0.120. The lowest BCUT2D eigenvalue weighted by Gasteiger charge is -2.32. The number of hydrogen-bond acceptors (Lipinski definition) is 4. The van der Waals surface area contributed by atoms with Gasteiger partial charge in [0.2, 0.25) is 5.91 Å². The van der Waals surface area contributed by atoms with Crippen molar-refractivity contribution in [1.29, 1.82) is 0 Å². The number of furan rings is 1. The summed E-state index contributed by atoms with van der Waals surface area (Å²) < 4.78 is 11.2. The van der Waals surface area contributed by atoms with E-state index in [0.717, 1.165) is 11.1 Å². The lowest BCUT2D eigenvalue weighted by molar-refractivity contribution is -0.123. The average molecular weight is 431 g/mol. The first-order valence-electron chi connectivity index (χ1n) is 10.5. The van der Waals surface area contributed by atoms with Crippen molar-refractivity contribution in [3.05, 3.63) is 89.6 Å². The van der Waals surface area contributed by atoms with Crippen LogP contribution in [0.15, 0.2) is 77.1 Å². The van der Waals surface area contributed by atoms with E-state index in [0.29, 0.717) is 17.2 Å². The first-order chi connectivity index (χ1) is 15.3. The Morgan fingerprint density at radius 3 is 2.53 bits per heavy atom. The number of carbonyl (C=O) groups is 2. The fourth-order valence-electron chi connectivity index (χ4n) is 3.43. The van der Waals surface area contributed by atoms with Crippen LogP contribution in [0.3, 0.4) is 0 Å². The Labute approximate surface area is 187 Å². The van der Waals surface area contributed by atoms with Crippen molar-refractivity contribution in [2.24, 2.45) is 0 Å². The number of nitrogens with one attached hydrogen (secondary N) is 1. The second-order valence-corrected chi connectivity index (χ2v) is 8.70. The van der Waals surface area contributed by atoms with E-state index in [-0.39, 0.29) is 36.1 Å². The van der Waals surface area contributed by atoms with Crippen LogP contribution in [0.2, 0.25) is 0 Å². The summed E-state index contributed by atoms with van der Waals surface area (Å²) in [5.41, 5.74) is 2.35. The van der Waals surface area contributed by atoms with Gasteiger partial charge in [0, 0.05) is 0 Å². The zero-order valence-corrected chi connectivity index (χ0v) is 18.4. The Kier molecular flexibility index (Phi) is 5.86. The summed E-state index contributed by atoms with van der Waals surface area (Å²) >= 11 is 0. The Hall–Kier alpha value is -3.80. The monoisotopic (exact) mass is 430 g/mol. The van der Waals surface area contributed by atoms with Crippen LogP contribution in [0, 0.1) is 0 Å². The number of hydrogen-bond donors (Lipinski definition) is 1. The molecule has 0 bridgehead atoms. The number of fused-ring (bicyclic) bond motifs is 1. The van der Waals surface area contributed by atoms with Crippen LogP contribution in [-0.2, 0) is 21.5 Å². The largest absolute Gasteiger partial charge is 0.467 e. The maximum absolute atomic E-state index is 13.4. The molecule has 1 aromatic heterocycles. The van der Waals surface area contributed by atoms with E-state index < -0.39 is 0 Å². The number of nitrogens with zero attached hydrogens (tertiary/aromatic N) is 1. The van der Waals surface area contributed by atoms with E-state index in [2.05, 4.69) is 26.1 Å². The smallest absolute Gasteiger partial charge is 0.294 e. The molecule has 0 atom stereocenters. The van der Waals surface area contributed by atoms with Gasteiger partial charge in [-0.25, -0.2) is 0 Å². The van der Waals surface area contributed by atoms with Gasteiger partial charge in [0.05, 0.1) is 18.5 Å². The Morgan fingerprint density at radius 1 is 1.06 bits per heavy atom. The van der Waals surface area contributed by atoms with Crippen molar-refractivity contribution < 1.29 is 18.7 Å². The molecule has 0 saturated heterocycles. The molecule has 1 N–H and O–H groups in total. The molecule has 2 heterocycles. The van der Waals surface area contributed by atoms with Crippen molar-refractivity contribution in [2.45, 2.75) is 32.7 Å². The molecular weight excluding hydrogens is 404 g/mol. The Balaban J connectivity index is 1.65. The van der Waals surface area contributed by atoms with Gasteiger partial charge in [-0.1, -0.05) is 57.2 Å². The van der Waals surface area contributed by atoms with Gasteiger partial charge in [-0.05, 0) is 46.9 Å². The summed E-state index contributed by atoms with van der Waals surface area (Å²) in [5.74, 6) is 0.708. The van der Waals surface area contributed by atoms with Crippen molar-refractivity contribution in [3.63, 3.8) is 0 Å². The number of carbonyl (C=O) groups excluding carboxylic acids is 2. The summed E-state index contributed by atoms with van der Waals surface area (Å²) in [5, 5.41) is 2.81. The molecule has 0 unspecified atom stereocenters. The van der Waals surface area contributed by atoms with Gasteiger partial charge in [0.15, 0.2) is 11.5 Å². The molecule has 32 heavy (non-hydrogen) atoms. The molecule has 0 fully saturated rings. The third-order valence-electron chi connectivity index (χ3n) is 5.23. The van der Waals surface area contributed by atoms with E-state index in [1.165, 1.54) is 4.90 Å². The maximum atomic E-state index is 13.4. The van der Waals surface area contributed by atoms with E-state index in [9.17, 15) is 9.59 Å². The molecule has 164 valence electrons. The van der Waals surface area contributed by atoms with Crippen molar-refractivity contribution in [1.82, 2.24) is 5.32 Å². The van der Waals surface area contributed by atoms with Crippen LogP contribution in [0.1, 0.15) is 37.7 Å². The number of anilines is 1. The molecule has 0 radical (unpaired) electrons. The van der Waals surface area contributed by atoms with Crippen molar-refractivity contribution in [3.8, 4) is 5.75 Å². The second-order valence-electron chi connectivity index (χ2n) is 8.70. The standard InChI is InChI=1S/C26H26N2O4/c1-26(2,3)19-11-12-22-21(15-19)28(17-24(29)27-16-20-10-7-13-31-20)25(30)23(32-22)14-18-8-5-4-6-9-18/h4-15H,16-17H2,1-3H3,(H,27,29). The predicted molar refractivity (Wildman–Crippen MR) is 123 cm³/mol. The quantitative estimate of drug-likeness (QED) is 0.598. The molecular formula is C26H26N2O4. The molecule has 1 aliphatic rings. The van der Waals surface area contributed by atoms with Crippen LogP contribution in [0.4, 0.5) is 5.69 Å². The van der Waals surface area contributed by atoms with E-state index >= 15 is 0 Å². The maximum Gasteiger partial charge on any atom is 0.294 e. The van der Waals surface area contributed by atoms with Crippen LogP contribution < -0.4 is 15.0 Å². The summed E-state index contributed by atoms with van der Waals surface area (Å²) in [6.45, 7) is 6.42. The van der Waals surface area contributed by atoms with Crippen LogP contribution in [-0.4, -0.2) is 18.4 Å². The number of amides is 2. The molecule has 6 heteroatoms. The lowest BCUT2D eigenvalue weighted by Crippen LogP contribution is -2.44. The highest BCUT2D eigenvalue weighted by molar-refractivity contribution is 6.12. The van der Waals surface area contributed by atoms with Gasteiger partial charge in [0.25, 0.3) is 5.91 Å². The number of ether oxygens (including phenoxy) is 1. The molecule has 3 aromatic rings. The normalized spacial score (nSPS) is 14.8. The fourth-order valence-corrected chi connectivity index (χ4v) is 3.43. The molecule has 2 amide bonds. The first-order valence-corrected chi connectivity index (χ1v) is 10.5. The predicted octanol–water partition coefficient (Wildman–Crippen LogP) is 4.66. The van der Waals surface area contributed by atoms with Gasteiger partial charge in [0.1, 0.15) is 12.3 Å². The van der Waals surface area contributed by atoms with Gasteiger partial charge in [-0.2, -0.15) is 0 Å². The molecule has 4 rings (SSSR count). The lowest BCUT2D eigenvalue weighted by atomic mass is 9.86. The third kappa shape index (κ3) is 4.75. The molecule has 0 aliphatic carbocycles. The first kappa shape index (κ1) is 21.4. The van der Waals surface area contributed by atoms with Gasteiger partial charge >= 0.3 is 0 Å². The Bertz CT molecular complexity index is 1140. The zero-order chi connectivity index (χ0) is 22.7. The van der Waals surface area contributed by atoms with Crippen LogP contribution >= 0.6 is 0 Å². The topological polar surface area (TPSA) is 71.8 Å². The molecule has 2 aromatic carbocycles. The minimum Gasteiger partial charge on any atom is -0.467 e. The van der Waals surface area contributed by atoms with E-state index in [4.69, 9.17) is 9.15 Å². The summed E-state index contributed by atoms with van der Waals surface area (Å²) in [6.07, 6.45) is 3.24. The highest BCUT2D eigenvalue weighted by Gasteiger charge is 2.33. The zero-order valence-electron chi connectivity index (χ0n) is 18.4. The molecule has 1 aliphatic heterocycles. The molecule has 0 spiro atoms. The molecule has 6 nitrogen and oxygen atoms in total. The minimum atomic E-state index is -0.361. The summed E-state index contributed by atoms with van der Waals surface area (Å²) in [4.78, 5) is 27.5. The summed E-state index contributed by atoms with van der Waals surface area (Å²) in [6, 6.07) is 18.8. The third-order valence-corrected chi connectivity index (χ3v) is 5.23. The second kappa shape index (κ2) is 8.75. The van der Waals surface area contributed by atoms with Gasteiger partial charge in [-0.15, -0.1) is 0 Å². The average Bonchev–Trinajstić information content (AvgIpc) is 3.29. The van der Waals surface area contributed by atoms with Gasteiger partial charge in [-0.3, -0.25) is 14.5 Å². The van der Waals surface area contributed by atoms with Crippen LogP contribution in [0.5, 0.6) is 5.75 Å². The van der Waals surface area contributed by atoms with Crippen molar-refractivity contribution >= 4 is 23.6 Å². The van der Waals surface area contributed by atoms with E-state index in [1.54, 1.807) is 24.5 Å². The highest BCUT2D eigenvalue weighted by atomic mass is 16.5. The summed E-state index contributed by atoms with van der Waals surface area (Å²) in [7, 11) is 0. The van der Waals surface area contributed by atoms with Crippen LogP contribution in [0.25, 0.3) is 6.08 Å². The van der Waals surface area contributed by atoms with Gasteiger partial charge < -0.3 is 14.5 Å².